The van der Waals surface area contributed by atoms with Gasteiger partial charge >= 0.3 is 0 Å². The van der Waals surface area contributed by atoms with Crippen LogP contribution in [0.1, 0.15) is 22.3 Å². The summed E-state index contributed by atoms with van der Waals surface area (Å²) in [5, 5.41) is 7.52. The summed E-state index contributed by atoms with van der Waals surface area (Å²) in [5.41, 5.74) is 11.6. The van der Waals surface area contributed by atoms with Crippen molar-refractivity contribution in [2.75, 3.05) is 24.0 Å². The molecule has 0 heterocycles. The van der Waals surface area contributed by atoms with Gasteiger partial charge in [0.15, 0.2) is 0 Å². The van der Waals surface area contributed by atoms with Crippen LogP contribution in [0.15, 0.2) is 133 Å². The van der Waals surface area contributed by atoms with Crippen LogP contribution in [0.3, 0.4) is 0 Å². The van der Waals surface area contributed by atoms with Crippen molar-refractivity contribution < 1.29 is 9.47 Å². The van der Waals surface area contributed by atoms with Crippen molar-refractivity contribution in [3.8, 4) is 11.5 Å². The Morgan fingerprint density at radius 2 is 0.660 bits per heavy atom. The highest BCUT2D eigenvalue weighted by molar-refractivity contribution is 6.29. The van der Waals surface area contributed by atoms with E-state index in [4.69, 9.17) is 9.47 Å². The van der Waals surface area contributed by atoms with E-state index in [-0.39, 0.29) is 0 Å². The maximum absolute atomic E-state index is 5.54. The largest absolute Gasteiger partial charge is 0.497 e. The average Bonchev–Trinajstić information content (AvgIpc) is 3.15. The molecule has 0 spiro atoms. The summed E-state index contributed by atoms with van der Waals surface area (Å²) < 4.78 is 11.1. The van der Waals surface area contributed by atoms with E-state index >= 15 is 0 Å². The molecular weight excluding hydrogens is 613 g/mol. The first-order valence-electron chi connectivity index (χ1n) is 17.1. The topological polar surface area (TPSA) is 24.9 Å². The minimum Gasteiger partial charge on any atom is -0.497 e. The van der Waals surface area contributed by atoms with Gasteiger partial charge in [0.25, 0.3) is 0 Å². The molecule has 246 valence electrons. The summed E-state index contributed by atoms with van der Waals surface area (Å²) >= 11 is 0. The molecular formula is C46H40N2O2. The Bertz CT molecular complexity index is 2290. The fraction of sp³-hybridized carbons (Fsp3) is 0.130. The highest BCUT2D eigenvalue weighted by atomic mass is 16.5. The monoisotopic (exact) mass is 652 g/mol. The Morgan fingerprint density at radius 1 is 0.360 bits per heavy atom. The normalized spacial score (nSPS) is 11.4. The predicted octanol–water partition coefficient (Wildman–Crippen LogP) is 12.8. The van der Waals surface area contributed by atoms with Crippen LogP contribution in [0.2, 0.25) is 0 Å². The summed E-state index contributed by atoms with van der Waals surface area (Å²) in [7, 11) is 3.42. The fourth-order valence-electron chi connectivity index (χ4n) is 7.38. The molecule has 0 fully saturated rings. The van der Waals surface area contributed by atoms with Gasteiger partial charge in [0.1, 0.15) is 11.5 Å². The van der Waals surface area contributed by atoms with Crippen LogP contribution in [-0.4, -0.2) is 14.2 Å². The molecule has 50 heavy (non-hydrogen) atoms. The molecule has 0 amide bonds. The lowest BCUT2D eigenvalue weighted by molar-refractivity contribution is 0.414. The van der Waals surface area contributed by atoms with Gasteiger partial charge in [0.05, 0.1) is 25.6 Å². The first kappa shape index (κ1) is 31.3. The quantitative estimate of drug-likeness (QED) is 0.153. The van der Waals surface area contributed by atoms with E-state index in [0.29, 0.717) is 0 Å². The van der Waals surface area contributed by atoms with E-state index in [1.54, 1.807) is 14.2 Å². The molecule has 0 saturated heterocycles. The van der Waals surface area contributed by atoms with Gasteiger partial charge in [-0.2, -0.15) is 0 Å². The Kier molecular flexibility index (Phi) is 7.80. The highest BCUT2D eigenvalue weighted by Gasteiger charge is 2.23. The third-order valence-electron chi connectivity index (χ3n) is 10.00. The Morgan fingerprint density at radius 3 is 0.980 bits per heavy atom. The van der Waals surface area contributed by atoms with Crippen LogP contribution in [0.5, 0.6) is 11.5 Å². The second-order valence-electron chi connectivity index (χ2n) is 13.2. The average molecular weight is 653 g/mol. The van der Waals surface area contributed by atoms with Crippen molar-refractivity contribution in [2.24, 2.45) is 0 Å². The Balaban J connectivity index is 1.43. The summed E-state index contributed by atoms with van der Waals surface area (Å²) in [6, 6.07) is 48.2. The zero-order chi connectivity index (χ0) is 34.5. The lowest BCUT2D eigenvalue weighted by Crippen LogP contribution is -2.12. The van der Waals surface area contributed by atoms with Gasteiger partial charge in [-0.15, -0.1) is 0 Å². The van der Waals surface area contributed by atoms with Crippen LogP contribution >= 0.6 is 0 Å². The number of nitrogens with zero attached hydrogens (tertiary/aromatic N) is 2. The van der Waals surface area contributed by atoms with Gasteiger partial charge in [-0.1, -0.05) is 59.7 Å². The standard InChI is InChI=1S/C46H40N2O2/c1-29-7-11-33(12-8-29)47(35-15-19-37(49-5)20-16-35)43-27-31(3)39-24-26-42-44(28-32(4)40-23-25-41(43)45(39)46(40)42)48(34-13-9-30(2)10-14-34)36-17-21-38(50-6)22-18-36/h7-28H,1-6H3. The summed E-state index contributed by atoms with van der Waals surface area (Å²) in [6.45, 7) is 8.74. The van der Waals surface area contributed by atoms with Gasteiger partial charge < -0.3 is 19.3 Å². The van der Waals surface area contributed by atoms with Crippen LogP contribution < -0.4 is 19.3 Å². The number of aryl methyl sites for hydroxylation is 4. The van der Waals surface area contributed by atoms with Crippen molar-refractivity contribution in [3.05, 3.63) is 156 Å². The molecule has 0 radical (unpaired) electrons. The number of hydrogen-bond donors (Lipinski definition) is 0. The van der Waals surface area contributed by atoms with Crippen molar-refractivity contribution >= 4 is 66.4 Å². The third kappa shape index (κ3) is 5.25. The molecule has 0 unspecified atom stereocenters. The molecule has 4 heteroatoms. The van der Waals surface area contributed by atoms with Crippen molar-refractivity contribution in [1.29, 1.82) is 0 Å². The lowest BCUT2D eigenvalue weighted by atomic mass is 9.88. The second kappa shape index (κ2) is 12.5. The zero-order valence-corrected chi connectivity index (χ0v) is 29.4. The van der Waals surface area contributed by atoms with Crippen molar-refractivity contribution in [1.82, 2.24) is 0 Å². The van der Waals surface area contributed by atoms with Gasteiger partial charge in [-0.05, 0) is 145 Å². The molecule has 8 rings (SSSR count). The minimum absolute atomic E-state index is 0.835. The minimum atomic E-state index is 0.835. The molecule has 0 aliphatic rings. The second-order valence-corrected chi connectivity index (χ2v) is 13.2. The smallest absolute Gasteiger partial charge is 0.119 e. The molecule has 0 N–H and O–H groups in total. The van der Waals surface area contributed by atoms with Crippen molar-refractivity contribution in [2.45, 2.75) is 27.7 Å². The number of methoxy groups -OCH3 is 2. The zero-order valence-electron chi connectivity index (χ0n) is 29.4. The van der Waals surface area contributed by atoms with E-state index in [1.807, 2.05) is 24.3 Å². The van der Waals surface area contributed by atoms with E-state index < -0.39 is 0 Å². The van der Waals surface area contributed by atoms with E-state index in [0.717, 1.165) is 45.6 Å². The molecule has 8 aromatic carbocycles. The van der Waals surface area contributed by atoms with Gasteiger partial charge in [-0.3, -0.25) is 0 Å². The molecule has 0 saturated carbocycles. The predicted molar refractivity (Wildman–Crippen MR) is 212 cm³/mol. The number of rotatable bonds is 8. The molecule has 0 bridgehead atoms. The third-order valence-corrected chi connectivity index (χ3v) is 10.00. The highest BCUT2D eigenvalue weighted by Crippen LogP contribution is 2.49. The molecule has 4 nitrogen and oxygen atoms in total. The van der Waals surface area contributed by atoms with Gasteiger partial charge in [-0.25, -0.2) is 0 Å². The van der Waals surface area contributed by atoms with Crippen LogP contribution in [0.4, 0.5) is 34.1 Å². The Hall–Kier alpha value is -6.00. The molecule has 0 aliphatic heterocycles. The summed E-state index contributed by atoms with van der Waals surface area (Å²) in [5.74, 6) is 1.67. The van der Waals surface area contributed by atoms with Gasteiger partial charge in [0.2, 0.25) is 0 Å². The number of hydrogen-bond acceptors (Lipinski definition) is 4. The van der Waals surface area contributed by atoms with E-state index in [9.17, 15) is 0 Å². The number of benzene rings is 8. The number of ether oxygens (including phenoxy) is 2. The molecule has 0 atom stereocenters. The summed E-state index contributed by atoms with van der Waals surface area (Å²) in [4.78, 5) is 4.75. The maximum atomic E-state index is 5.54. The first-order chi connectivity index (χ1) is 24.3. The fourth-order valence-corrected chi connectivity index (χ4v) is 7.38. The van der Waals surface area contributed by atoms with E-state index in [1.165, 1.54) is 54.6 Å². The van der Waals surface area contributed by atoms with E-state index in [2.05, 4.69) is 147 Å². The maximum Gasteiger partial charge on any atom is 0.119 e. The van der Waals surface area contributed by atoms with Gasteiger partial charge in [0, 0.05) is 33.5 Å². The SMILES string of the molecule is COc1ccc(N(c2ccc(C)cc2)c2cc(C)c3ccc4c(N(c5ccc(C)cc5)c5ccc(OC)cc5)cc(C)c5ccc2c3c54)cc1. The van der Waals surface area contributed by atoms with Crippen molar-refractivity contribution in [3.63, 3.8) is 0 Å². The number of anilines is 6. The van der Waals surface area contributed by atoms with Crippen LogP contribution in [-0.2, 0) is 0 Å². The van der Waals surface area contributed by atoms with Crippen LogP contribution in [0, 0.1) is 27.7 Å². The lowest BCUT2D eigenvalue weighted by Gasteiger charge is -2.30. The molecule has 8 aromatic rings. The first-order valence-corrected chi connectivity index (χ1v) is 17.1. The molecule has 0 aliphatic carbocycles. The molecule has 0 aromatic heterocycles. The Labute approximate surface area is 294 Å². The van der Waals surface area contributed by atoms with Crippen LogP contribution in [0.25, 0.3) is 32.3 Å². The summed E-state index contributed by atoms with van der Waals surface area (Å²) in [6.07, 6.45) is 0.